The van der Waals surface area contributed by atoms with Crippen LogP contribution in [0.1, 0.15) is 21.1 Å². The Balaban J connectivity index is 1.47. The maximum absolute atomic E-state index is 12.1. The molecule has 0 aliphatic heterocycles. The minimum atomic E-state index is -0.183. The van der Waals surface area contributed by atoms with Crippen LogP contribution in [0, 0.1) is 0 Å². The monoisotopic (exact) mass is 373 g/mol. The molecule has 0 aliphatic carbocycles. The summed E-state index contributed by atoms with van der Waals surface area (Å²) >= 11 is 7.23. The summed E-state index contributed by atoms with van der Waals surface area (Å²) in [4.78, 5) is 20.5. The first-order valence-electron chi connectivity index (χ1n) is 7.70. The minimum Gasteiger partial charge on any atom is -0.486 e. The maximum atomic E-state index is 12.1. The van der Waals surface area contributed by atoms with E-state index in [0.717, 1.165) is 17.0 Å². The molecule has 128 valence electrons. The first-order chi connectivity index (χ1) is 12.2. The normalized spacial score (nSPS) is 10.4. The van der Waals surface area contributed by atoms with E-state index in [1.165, 1.54) is 11.3 Å². The SMILES string of the molecule is O=C(NCCc1cccnc1)c1csc(COc2ccc(Cl)cc2)n1. The van der Waals surface area contributed by atoms with Gasteiger partial charge in [0.05, 0.1) is 0 Å². The molecule has 0 radical (unpaired) electrons. The number of benzene rings is 1. The third-order valence-corrected chi connectivity index (χ3v) is 4.46. The topological polar surface area (TPSA) is 64.1 Å². The lowest BCUT2D eigenvalue weighted by atomic mass is 10.2. The Morgan fingerprint density at radius 3 is 2.84 bits per heavy atom. The van der Waals surface area contributed by atoms with Gasteiger partial charge in [-0.1, -0.05) is 17.7 Å². The van der Waals surface area contributed by atoms with Gasteiger partial charge in [-0.05, 0) is 42.3 Å². The van der Waals surface area contributed by atoms with E-state index >= 15 is 0 Å². The zero-order chi connectivity index (χ0) is 17.5. The van der Waals surface area contributed by atoms with Gasteiger partial charge >= 0.3 is 0 Å². The highest BCUT2D eigenvalue weighted by atomic mass is 35.5. The zero-order valence-corrected chi connectivity index (χ0v) is 14.9. The summed E-state index contributed by atoms with van der Waals surface area (Å²) in [6.45, 7) is 0.855. The molecule has 25 heavy (non-hydrogen) atoms. The van der Waals surface area contributed by atoms with Crippen LogP contribution < -0.4 is 10.1 Å². The highest BCUT2D eigenvalue weighted by molar-refractivity contribution is 7.09. The summed E-state index contributed by atoms with van der Waals surface area (Å²) in [5.74, 6) is 0.528. The Morgan fingerprint density at radius 1 is 1.24 bits per heavy atom. The average molecular weight is 374 g/mol. The molecule has 3 rings (SSSR count). The van der Waals surface area contributed by atoms with Crippen molar-refractivity contribution in [2.45, 2.75) is 13.0 Å². The average Bonchev–Trinajstić information content (AvgIpc) is 3.11. The van der Waals surface area contributed by atoms with Crippen molar-refractivity contribution in [1.82, 2.24) is 15.3 Å². The van der Waals surface area contributed by atoms with Gasteiger partial charge in [0.15, 0.2) is 0 Å². The molecule has 5 nitrogen and oxygen atoms in total. The van der Waals surface area contributed by atoms with Gasteiger partial charge in [-0.25, -0.2) is 4.98 Å². The van der Waals surface area contributed by atoms with E-state index < -0.39 is 0 Å². The van der Waals surface area contributed by atoms with Crippen molar-refractivity contribution in [3.63, 3.8) is 0 Å². The number of ether oxygens (including phenoxy) is 1. The number of hydrogen-bond donors (Lipinski definition) is 1. The quantitative estimate of drug-likeness (QED) is 0.685. The molecule has 0 bridgehead atoms. The number of nitrogens with zero attached hydrogens (tertiary/aromatic N) is 2. The Morgan fingerprint density at radius 2 is 2.08 bits per heavy atom. The van der Waals surface area contributed by atoms with Crippen LogP contribution in [0.3, 0.4) is 0 Å². The fourth-order valence-electron chi connectivity index (χ4n) is 2.11. The first-order valence-corrected chi connectivity index (χ1v) is 8.96. The van der Waals surface area contributed by atoms with Crippen molar-refractivity contribution in [3.8, 4) is 5.75 Å². The molecule has 2 aromatic heterocycles. The van der Waals surface area contributed by atoms with Gasteiger partial charge in [0.2, 0.25) is 0 Å². The van der Waals surface area contributed by atoms with Crippen LogP contribution in [0.2, 0.25) is 5.02 Å². The second-order valence-electron chi connectivity index (χ2n) is 5.24. The fourth-order valence-corrected chi connectivity index (χ4v) is 2.93. The highest BCUT2D eigenvalue weighted by Gasteiger charge is 2.10. The molecular weight excluding hydrogens is 358 g/mol. The third kappa shape index (κ3) is 5.27. The molecule has 0 aliphatic rings. The number of rotatable bonds is 7. The van der Waals surface area contributed by atoms with Crippen molar-refractivity contribution in [2.24, 2.45) is 0 Å². The van der Waals surface area contributed by atoms with Crippen molar-refractivity contribution in [1.29, 1.82) is 0 Å². The van der Waals surface area contributed by atoms with Gasteiger partial charge in [0, 0.05) is 29.3 Å². The molecular formula is C18H16ClN3O2S. The largest absolute Gasteiger partial charge is 0.486 e. The second-order valence-corrected chi connectivity index (χ2v) is 6.62. The van der Waals surface area contributed by atoms with E-state index in [-0.39, 0.29) is 5.91 Å². The van der Waals surface area contributed by atoms with Gasteiger partial charge in [-0.2, -0.15) is 0 Å². The Bertz CT molecular complexity index is 822. The van der Waals surface area contributed by atoms with E-state index in [2.05, 4.69) is 15.3 Å². The molecule has 3 aromatic rings. The van der Waals surface area contributed by atoms with Crippen molar-refractivity contribution in [3.05, 3.63) is 75.5 Å². The molecule has 0 fully saturated rings. The van der Waals surface area contributed by atoms with Crippen LogP contribution in [0.5, 0.6) is 5.75 Å². The van der Waals surface area contributed by atoms with E-state index in [0.29, 0.717) is 29.6 Å². The fraction of sp³-hybridized carbons (Fsp3) is 0.167. The molecule has 0 spiro atoms. The van der Waals surface area contributed by atoms with Crippen LogP contribution in [0.4, 0.5) is 0 Å². The van der Waals surface area contributed by atoms with Gasteiger partial charge < -0.3 is 10.1 Å². The highest BCUT2D eigenvalue weighted by Crippen LogP contribution is 2.18. The molecule has 2 heterocycles. The molecule has 1 aromatic carbocycles. The number of carbonyl (C=O) groups is 1. The van der Waals surface area contributed by atoms with E-state index in [1.807, 2.05) is 12.1 Å². The Labute approximate surface area is 154 Å². The van der Waals surface area contributed by atoms with Crippen LogP contribution in [-0.4, -0.2) is 22.4 Å². The van der Waals surface area contributed by atoms with Crippen molar-refractivity contribution < 1.29 is 9.53 Å². The van der Waals surface area contributed by atoms with E-state index in [9.17, 15) is 4.79 Å². The number of hydrogen-bond acceptors (Lipinski definition) is 5. The van der Waals surface area contributed by atoms with Gasteiger partial charge in [-0.3, -0.25) is 9.78 Å². The minimum absolute atomic E-state index is 0.183. The molecule has 7 heteroatoms. The number of amides is 1. The summed E-state index contributed by atoms with van der Waals surface area (Å²) < 4.78 is 5.63. The van der Waals surface area contributed by atoms with Crippen LogP contribution in [-0.2, 0) is 13.0 Å². The molecule has 1 N–H and O–H groups in total. The van der Waals surface area contributed by atoms with Crippen LogP contribution >= 0.6 is 22.9 Å². The summed E-state index contributed by atoms with van der Waals surface area (Å²) in [5, 5.41) is 6.00. The lowest BCUT2D eigenvalue weighted by Crippen LogP contribution is -2.26. The Hall–Kier alpha value is -2.44. The standard InChI is InChI=1S/C18H16ClN3O2S/c19-14-3-5-15(6-4-14)24-11-17-22-16(12-25-17)18(23)21-9-7-13-2-1-8-20-10-13/h1-6,8,10,12H,7,9,11H2,(H,21,23). The predicted octanol–water partition coefficient (Wildman–Crippen LogP) is 3.74. The third-order valence-electron chi connectivity index (χ3n) is 3.38. The van der Waals surface area contributed by atoms with E-state index in [4.69, 9.17) is 16.3 Å². The van der Waals surface area contributed by atoms with Gasteiger partial charge in [-0.15, -0.1) is 11.3 Å². The summed E-state index contributed by atoms with van der Waals surface area (Å²) in [7, 11) is 0. The molecule has 0 atom stereocenters. The van der Waals surface area contributed by atoms with Crippen LogP contribution in [0.15, 0.2) is 54.2 Å². The smallest absolute Gasteiger partial charge is 0.270 e. The predicted molar refractivity (Wildman–Crippen MR) is 98.2 cm³/mol. The zero-order valence-electron chi connectivity index (χ0n) is 13.3. The van der Waals surface area contributed by atoms with Gasteiger partial charge in [0.25, 0.3) is 5.91 Å². The maximum Gasteiger partial charge on any atom is 0.270 e. The van der Waals surface area contributed by atoms with Crippen molar-refractivity contribution >= 4 is 28.8 Å². The lowest BCUT2D eigenvalue weighted by Gasteiger charge is -2.04. The molecule has 1 amide bonds. The van der Waals surface area contributed by atoms with E-state index in [1.54, 1.807) is 42.0 Å². The molecule has 0 saturated heterocycles. The number of pyridine rings is 1. The summed E-state index contributed by atoms with van der Waals surface area (Å²) in [6.07, 6.45) is 4.25. The summed E-state index contributed by atoms with van der Waals surface area (Å²) in [5.41, 5.74) is 1.49. The van der Waals surface area contributed by atoms with Crippen molar-refractivity contribution in [2.75, 3.05) is 6.54 Å². The second kappa shape index (κ2) is 8.60. The summed E-state index contributed by atoms with van der Waals surface area (Å²) in [6, 6.07) is 11.0. The first kappa shape index (κ1) is 17.4. The van der Waals surface area contributed by atoms with Crippen LogP contribution in [0.25, 0.3) is 0 Å². The number of halogens is 1. The number of nitrogens with one attached hydrogen (secondary N) is 1. The number of carbonyl (C=O) groups excluding carboxylic acids is 1. The van der Waals surface area contributed by atoms with Gasteiger partial charge in [0.1, 0.15) is 23.1 Å². The molecule has 0 unspecified atom stereocenters. The molecule has 0 saturated carbocycles. The Kier molecular flexibility index (Phi) is 5.98. The lowest BCUT2D eigenvalue weighted by molar-refractivity contribution is 0.0949. The number of thiazole rings is 1. The number of aromatic nitrogens is 2.